The second-order valence-electron chi connectivity index (χ2n) is 3.99. The van der Waals surface area contributed by atoms with E-state index in [9.17, 15) is 9.59 Å². The molecule has 6 heteroatoms. The van der Waals surface area contributed by atoms with Crippen LogP contribution in [0.5, 0.6) is 0 Å². The maximum atomic E-state index is 11.4. The first-order valence-corrected chi connectivity index (χ1v) is 5.19. The lowest BCUT2D eigenvalue weighted by Crippen LogP contribution is -2.50. The molecule has 0 aliphatic carbocycles. The highest BCUT2D eigenvalue weighted by molar-refractivity contribution is 5.81. The van der Waals surface area contributed by atoms with Crippen LogP contribution in [0.1, 0.15) is 13.8 Å². The third-order valence-electron chi connectivity index (χ3n) is 2.72. The van der Waals surface area contributed by atoms with Gasteiger partial charge in [0.25, 0.3) is 0 Å². The number of carbonyl (C=O) groups is 2. The highest BCUT2D eigenvalue weighted by atomic mass is 16.5. The van der Waals surface area contributed by atoms with Crippen LogP contribution in [0, 0.1) is 5.41 Å². The van der Waals surface area contributed by atoms with Crippen molar-refractivity contribution in [2.45, 2.75) is 19.9 Å². The molecule has 0 aromatic rings. The smallest absolute Gasteiger partial charge is 0.313 e. The number of rotatable bonds is 5. The fourth-order valence-electron chi connectivity index (χ4n) is 1.52. The van der Waals surface area contributed by atoms with Crippen molar-refractivity contribution in [3.63, 3.8) is 0 Å². The minimum Gasteiger partial charge on any atom is -0.481 e. The summed E-state index contributed by atoms with van der Waals surface area (Å²) >= 11 is 0. The predicted molar refractivity (Wildman–Crippen MR) is 55.0 cm³/mol. The molecule has 1 saturated heterocycles. The van der Waals surface area contributed by atoms with Gasteiger partial charge >= 0.3 is 5.97 Å². The maximum absolute atomic E-state index is 11.4. The second kappa shape index (κ2) is 5.27. The molecule has 16 heavy (non-hydrogen) atoms. The van der Waals surface area contributed by atoms with Gasteiger partial charge in [-0.3, -0.25) is 9.59 Å². The summed E-state index contributed by atoms with van der Waals surface area (Å²) in [4.78, 5) is 22.5. The van der Waals surface area contributed by atoms with Crippen LogP contribution in [0.3, 0.4) is 0 Å². The Bertz CT molecular complexity index is 280. The number of carboxylic acids is 1. The number of hydrogen-bond acceptors (Lipinski definition) is 4. The first-order valence-electron chi connectivity index (χ1n) is 5.19. The molecule has 1 aliphatic rings. The van der Waals surface area contributed by atoms with Crippen molar-refractivity contribution in [1.82, 2.24) is 5.32 Å². The molecule has 0 saturated carbocycles. The van der Waals surface area contributed by atoms with Crippen LogP contribution >= 0.6 is 0 Å². The summed E-state index contributed by atoms with van der Waals surface area (Å²) < 4.78 is 10.0. The Balaban J connectivity index is 2.53. The van der Waals surface area contributed by atoms with Crippen molar-refractivity contribution in [2.75, 3.05) is 26.4 Å². The average Bonchev–Trinajstić information content (AvgIpc) is 2.59. The number of carboxylic acid groups (broad SMARTS) is 1. The van der Waals surface area contributed by atoms with Gasteiger partial charge in [0.15, 0.2) is 0 Å². The van der Waals surface area contributed by atoms with E-state index >= 15 is 0 Å². The van der Waals surface area contributed by atoms with E-state index < -0.39 is 17.4 Å². The highest BCUT2D eigenvalue weighted by Crippen LogP contribution is 2.28. The van der Waals surface area contributed by atoms with Crippen molar-refractivity contribution < 1.29 is 24.2 Å². The van der Waals surface area contributed by atoms with Gasteiger partial charge < -0.3 is 19.9 Å². The summed E-state index contributed by atoms with van der Waals surface area (Å²) in [5.41, 5.74) is -1.05. The molecular formula is C10H17NO5. The van der Waals surface area contributed by atoms with E-state index in [2.05, 4.69) is 5.32 Å². The lowest BCUT2D eigenvalue weighted by molar-refractivity contribution is -0.149. The Hall–Kier alpha value is -1.14. The van der Waals surface area contributed by atoms with Gasteiger partial charge in [0.2, 0.25) is 5.91 Å². The highest BCUT2D eigenvalue weighted by Gasteiger charge is 2.47. The van der Waals surface area contributed by atoms with Gasteiger partial charge in [-0.2, -0.15) is 0 Å². The zero-order valence-corrected chi connectivity index (χ0v) is 9.49. The Morgan fingerprint density at radius 2 is 2.31 bits per heavy atom. The number of hydrogen-bond donors (Lipinski definition) is 2. The number of carbonyl (C=O) groups excluding carboxylic acids is 1. The standard InChI is InChI=1S/C10H17NO5/c1-3-15-5-8(12)11-7-4-16-6-10(7,2)9(13)14/h7H,3-6H2,1-2H3,(H,11,12)(H,13,14). The van der Waals surface area contributed by atoms with Crippen LogP contribution in [0.25, 0.3) is 0 Å². The fourth-order valence-corrected chi connectivity index (χ4v) is 1.52. The number of aliphatic carboxylic acids is 1. The molecule has 1 rings (SSSR count). The first kappa shape index (κ1) is 12.9. The Morgan fingerprint density at radius 1 is 1.62 bits per heavy atom. The van der Waals surface area contributed by atoms with E-state index in [1.165, 1.54) is 0 Å². The molecule has 0 radical (unpaired) electrons. The maximum Gasteiger partial charge on any atom is 0.313 e. The van der Waals surface area contributed by atoms with Crippen LogP contribution < -0.4 is 5.32 Å². The van der Waals surface area contributed by atoms with Crippen molar-refractivity contribution in [3.05, 3.63) is 0 Å². The monoisotopic (exact) mass is 231 g/mol. The van der Waals surface area contributed by atoms with E-state index in [4.69, 9.17) is 14.6 Å². The third-order valence-corrected chi connectivity index (χ3v) is 2.72. The van der Waals surface area contributed by atoms with Crippen LogP contribution in [-0.4, -0.2) is 49.5 Å². The van der Waals surface area contributed by atoms with Crippen LogP contribution in [0.2, 0.25) is 0 Å². The van der Waals surface area contributed by atoms with E-state index in [1.807, 2.05) is 0 Å². The van der Waals surface area contributed by atoms with Gasteiger partial charge in [-0.25, -0.2) is 0 Å². The minimum absolute atomic E-state index is 0.0529. The number of nitrogens with one attached hydrogen (secondary N) is 1. The zero-order chi connectivity index (χ0) is 12.2. The summed E-state index contributed by atoms with van der Waals surface area (Å²) in [5, 5.41) is 11.7. The minimum atomic E-state index is -1.05. The van der Waals surface area contributed by atoms with Crippen molar-refractivity contribution in [2.24, 2.45) is 5.41 Å². The summed E-state index contributed by atoms with van der Waals surface area (Å²) in [7, 11) is 0. The van der Waals surface area contributed by atoms with Gasteiger partial charge in [0.1, 0.15) is 12.0 Å². The van der Waals surface area contributed by atoms with Crippen molar-refractivity contribution in [3.8, 4) is 0 Å². The van der Waals surface area contributed by atoms with Crippen LogP contribution in [0.4, 0.5) is 0 Å². The Labute approximate surface area is 93.9 Å². The molecule has 1 heterocycles. The molecule has 0 bridgehead atoms. The molecule has 2 atom stereocenters. The van der Waals surface area contributed by atoms with Crippen molar-refractivity contribution in [1.29, 1.82) is 0 Å². The second-order valence-corrected chi connectivity index (χ2v) is 3.99. The van der Waals surface area contributed by atoms with Gasteiger partial charge in [-0.05, 0) is 13.8 Å². The van der Waals surface area contributed by atoms with E-state index in [-0.39, 0.29) is 25.7 Å². The third kappa shape index (κ3) is 2.70. The molecule has 2 N–H and O–H groups in total. The van der Waals surface area contributed by atoms with E-state index in [1.54, 1.807) is 13.8 Å². The van der Waals surface area contributed by atoms with Crippen LogP contribution in [-0.2, 0) is 19.1 Å². The van der Waals surface area contributed by atoms with Crippen molar-refractivity contribution >= 4 is 11.9 Å². The zero-order valence-electron chi connectivity index (χ0n) is 9.49. The molecule has 0 spiro atoms. The van der Waals surface area contributed by atoms with Gasteiger partial charge in [0.05, 0.1) is 19.3 Å². The van der Waals surface area contributed by atoms with Gasteiger partial charge in [-0.1, -0.05) is 0 Å². The van der Waals surface area contributed by atoms with Gasteiger partial charge in [0, 0.05) is 6.61 Å². The molecule has 92 valence electrons. The number of amides is 1. The molecule has 0 aromatic heterocycles. The van der Waals surface area contributed by atoms with E-state index in [0.717, 1.165) is 0 Å². The normalized spacial score (nSPS) is 29.0. The summed E-state index contributed by atoms with van der Waals surface area (Å²) in [5.74, 6) is -1.28. The first-order chi connectivity index (χ1) is 7.50. The van der Waals surface area contributed by atoms with Gasteiger partial charge in [-0.15, -0.1) is 0 Å². The quantitative estimate of drug-likeness (QED) is 0.674. The molecule has 6 nitrogen and oxygen atoms in total. The molecule has 0 aromatic carbocycles. The SMILES string of the molecule is CCOCC(=O)NC1COCC1(C)C(=O)O. The summed E-state index contributed by atoms with van der Waals surface area (Å²) in [6.45, 7) is 4.08. The topological polar surface area (TPSA) is 84.9 Å². The molecule has 1 aliphatic heterocycles. The largest absolute Gasteiger partial charge is 0.481 e. The molecule has 2 unspecified atom stereocenters. The Morgan fingerprint density at radius 3 is 2.88 bits per heavy atom. The molecule has 1 amide bonds. The number of ether oxygens (including phenoxy) is 2. The predicted octanol–water partition coefficient (Wildman–Crippen LogP) is -0.371. The average molecular weight is 231 g/mol. The summed E-state index contributed by atoms with van der Waals surface area (Å²) in [6.07, 6.45) is 0. The lowest BCUT2D eigenvalue weighted by Gasteiger charge is -2.25. The lowest BCUT2D eigenvalue weighted by atomic mass is 9.85. The van der Waals surface area contributed by atoms with E-state index in [0.29, 0.717) is 6.61 Å². The summed E-state index contributed by atoms with van der Waals surface area (Å²) in [6, 6.07) is -0.502. The molecular weight excluding hydrogens is 214 g/mol. The fraction of sp³-hybridized carbons (Fsp3) is 0.800. The Kier molecular flexibility index (Phi) is 4.26. The molecule has 1 fully saturated rings. The van der Waals surface area contributed by atoms with Crippen LogP contribution in [0.15, 0.2) is 0 Å².